The maximum atomic E-state index is 13.7. The van der Waals surface area contributed by atoms with Crippen LogP contribution in [0, 0.1) is 11.6 Å². The van der Waals surface area contributed by atoms with Gasteiger partial charge in [0.2, 0.25) is 5.91 Å². The molecule has 27 heavy (non-hydrogen) atoms. The molecule has 1 aromatic carbocycles. The quantitative estimate of drug-likeness (QED) is 0.492. The summed E-state index contributed by atoms with van der Waals surface area (Å²) < 4.78 is 27.0. The highest BCUT2D eigenvalue weighted by molar-refractivity contribution is 5.80. The summed E-state index contributed by atoms with van der Waals surface area (Å²) in [5, 5.41) is 9.23. The third-order valence-corrected chi connectivity index (χ3v) is 4.60. The summed E-state index contributed by atoms with van der Waals surface area (Å²) in [6.07, 6.45) is 2.17. The van der Waals surface area contributed by atoms with Gasteiger partial charge in [-0.05, 0) is 37.8 Å². The number of likely N-dealkylation sites (N-methyl/N-ethyl adjacent to an activating group) is 1. The molecule has 1 saturated heterocycles. The lowest BCUT2D eigenvalue weighted by Crippen LogP contribution is -2.50. The molecular weight excluding hydrogens is 352 g/mol. The Hall–Kier alpha value is -2.22. The number of likely N-dealkylation sites (tertiary alicyclic amines) is 1. The number of guanidine groups is 1. The Morgan fingerprint density at radius 3 is 2.70 bits per heavy atom. The minimum absolute atomic E-state index is 0.0286. The Labute approximate surface area is 159 Å². The summed E-state index contributed by atoms with van der Waals surface area (Å²) in [6.45, 7) is 5.19. The molecule has 0 unspecified atom stereocenters. The van der Waals surface area contributed by atoms with E-state index in [0.717, 1.165) is 38.5 Å². The molecule has 1 aromatic rings. The van der Waals surface area contributed by atoms with Gasteiger partial charge in [-0.15, -0.1) is 0 Å². The van der Waals surface area contributed by atoms with Crippen LogP contribution in [0.5, 0.6) is 0 Å². The molecule has 0 atom stereocenters. The highest BCUT2D eigenvalue weighted by atomic mass is 19.2. The Balaban J connectivity index is 1.83. The van der Waals surface area contributed by atoms with Crippen LogP contribution in [0.2, 0.25) is 0 Å². The van der Waals surface area contributed by atoms with Crippen molar-refractivity contribution < 1.29 is 13.6 Å². The van der Waals surface area contributed by atoms with Gasteiger partial charge >= 0.3 is 0 Å². The van der Waals surface area contributed by atoms with Gasteiger partial charge in [-0.2, -0.15) is 0 Å². The molecule has 1 amide bonds. The van der Waals surface area contributed by atoms with Crippen molar-refractivity contribution in [3.8, 4) is 0 Å². The van der Waals surface area contributed by atoms with Gasteiger partial charge in [-0.1, -0.05) is 12.1 Å². The third-order valence-electron chi connectivity index (χ3n) is 4.60. The fourth-order valence-corrected chi connectivity index (χ4v) is 3.06. The van der Waals surface area contributed by atoms with E-state index in [1.165, 1.54) is 6.07 Å². The molecule has 1 aliphatic rings. The first-order chi connectivity index (χ1) is 13.0. The summed E-state index contributed by atoms with van der Waals surface area (Å²) in [5.74, 6) is -0.917. The summed E-state index contributed by atoms with van der Waals surface area (Å²) in [5.41, 5.74) is 0.331. The fourth-order valence-electron chi connectivity index (χ4n) is 3.06. The number of rotatable bonds is 7. The van der Waals surface area contributed by atoms with Gasteiger partial charge in [0.25, 0.3) is 0 Å². The molecule has 1 aliphatic heterocycles. The zero-order valence-corrected chi connectivity index (χ0v) is 16.0. The summed E-state index contributed by atoms with van der Waals surface area (Å²) in [7, 11) is 1.64. The van der Waals surface area contributed by atoms with Gasteiger partial charge in [0.05, 0.1) is 6.54 Å². The summed E-state index contributed by atoms with van der Waals surface area (Å²) in [6, 6.07) is 4.48. The highest BCUT2D eigenvalue weighted by Gasteiger charge is 2.21. The molecule has 8 heteroatoms. The normalized spacial score (nSPS) is 16.2. The van der Waals surface area contributed by atoms with Crippen LogP contribution >= 0.6 is 0 Å². The monoisotopic (exact) mass is 381 g/mol. The van der Waals surface area contributed by atoms with Crippen LogP contribution in [0.15, 0.2) is 23.2 Å². The molecule has 0 aliphatic carbocycles. The zero-order chi connectivity index (χ0) is 19.6. The number of halogens is 2. The van der Waals surface area contributed by atoms with E-state index in [0.29, 0.717) is 31.0 Å². The molecule has 3 N–H and O–H groups in total. The van der Waals surface area contributed by atoms with E-state index in [2.05, 4.69) is 25.8 Å². The van der Waals surface area contributed by atoms with Crippen LogP contribution < -0.4 is 16.0 Å². The van der Waals surface area contributed by atoms with E-state index in [1.54, 1.807) is 13.1 Å². The number of piperidine rings is 1. The van der Waals surface area contributed by atoms with Crippen LogP contribution in [0.1, 0.15) is 25.3 Å². The molecule has 0 radical (unpaired) electrons. The number of nitrogens with one attached hydrogen (secondary N) is 3. The molecule has 6 nitrogen and oxygen atoms in total. The minimum Gasteiger partial charge on any atom is -0.358 e. The second-order valence-electron chi connectivity index (χ2n) is 6.59. The van der Waals surface area contributed by atoms with E-state index >= 15 is 0 Å². The average Bonchev–Trinajstić information content (AvgIpc) is 2.66. The van der Waals surface area contributed by atoms with Crippen molar-refractivity contribution >= 4 is 11.9 Å². The number of hydrogen-bond donors (Lipinski definition) is 3. The minimum atomic E-state index is -0.829. The summed E-state index contributed by atoms with van der Waals surface area (Å²) in [4.78, 5) is 18.1. The maximum absolute atomic E-state index is 13.7. The molecule has 0 spiro atoms. The third kappa shape index (κ3) is 6.78. The largest absolute Gasteiger partial charge is 0.358 e. The molecule has 2 rings (SSSR count). The lowest BCUT2D eigenvalue weighted by atomic mass is 10.1. The molecule has 0 saturated carbocycles. The van der Waals surface area contributed by atoms with Crippen molar-refractivity contribution in [2.45, 2.75) is 32.2 Å². The predicted octanol–water partition coefficient (Wildman–Crippen LogP) is 1.27. The predicted molar refractivity (Wildman–Crippen MR) is 103 cm³/mol. The van der Waals surface area contributed by atoms with E-state index in [1.807, 2.05) is 6.92 Å². The number of carbonyl (C=O) groups excluding carboxylic acids is 1. The first-order valence-corrected chi connectivity index (χ1v) is 9.44. The molecule has 0 bridgehead atoms. The highest BCUT2D eigenvalue weighted by Crippen LogP contribution is 2.12. The number of aliphatic imine (C=N–C) groups is 1. The van der Waals surface area contributed by atoms with Crippen molar-refractivity contribution in [2.75, 3.05) is 39.8 Å². The Morgan fingerprint density at radius 2 is 2.04 bits per heavy atom. The lowest BCUT2D eigenvalue weighted by molar-refractivity contribution is -0.122. The van der Waals surface area contributed by atoms with Crippen LogP contribution in [-0.4, -0.2) is 62.6 Å². The van der Waals surface area contributed by atoms with Gasteiger partial charge in [0, 0.05) is 39.3 Å². The zero-order valence-electron chi connectivity index (χ0n) is 16.0. The Kier molecular flexibility index (Phi) is 8.44. The van der Waals surface area contributed by atoms with Gasteiger partial charge in [-0.3, -0.25) is 14.7 Å². The number of carbonyl (C=O) groups is 1. The van der Waals surface area contributed by atoms with E-state index in [9.17, 15) is 13.6 Å². The first-order valence-electron chi connectivity index (χ1n) is 9.44. The van der Waals surface area contributed by atoms with Crippen LogP contribution in [-0.2, 0) is 11.2 Å². The van der Waals surface area contributed by atoms with Crippen molar-refractivity contribution in [1.29, 1.82) is 0 Å². The van der Waals surface area contributed by atoms with Crippen molar-refractivity contribution in [3.63, 3.8) is 0 Å². The van der Waals surface area contributed by atoms with Crippen LogP contribution in [0.3, 0.4) is 0 Å². The lowest BCUT2D eigenvalue weighted by Gasteiger charge is -2.32. The number of benzene rings is 1. The molecule has 1 fully saturated rings. The molecule has 1 heterocycles. The van der Waals surface area contributed by atoms with E-state index < -0.39 is 11.6 Å². The Morgan fingerprint density at radius 1 is 1.30 bits per heavy atom. The van der Waals surface area contributed by atoms with Gasteiger partial charge in [0.1, 0.15) is 0 Å². The fraction of sp³-hybridized carbons (Fsp3) is 0.579. The van der Waals surface area contributed by atoms with Gasteiger partial charge < -0.3 is 16.0 Å². The molecule has 0 aromatic heterocycles. The van der Waals surface area contributed by atoms with Crippen molar-refractivity contribution in [1.82, 2.24) is 20.9 Å². The number of amides is 1. The van der Waals surface area contributed by atoms with Crippen molar-refractivity contribution in [2.24, 2.45) is 4.99 Å². The van der Waals surface area contributed by atoms with Crippen LogP contribution in [0.25, 0.3) is 0 Å². The maximum Gasteiger partial charge on any atom is 0.233 e. The van der Waals surface area contributed by atoms with Gasteiger partial charge in [-0.25, -0.2) is 8.78 Å². The standard InChI is InChI=1S/C19H29F2N5O/c1-3-23-19(24-10-7-14-5-4-6-16(20)18(14)21)25-15-8-11-26(12-9-15)13-17(27)22-2/h4-6,15H,3,7-13H2,1-2H3,(H,22,27)(H2,23,24,25). The Bertz CT molecular complexity index is 645. The smallest absolute Gasteiger partial charge is 0.233 e. The average molecular weight is 381 g/mol. The van der Waals surface area contributed by atoms with E-state index in [-0.39, 0.29) is 11.9 Å². The van der Waals surface area contributed by atoms with Gasteiger partial charge in [0.15, 0.2) is 17.6 Å². The number of nitrogens with zero attached hydrogens (tertiary/aromatic N) is 2. The van der Waals surface area contributed by atoms with Crippen molar-refractivity contribution in [3.05, 3.63) is 35.4 Å². The van der Waals surface area contributed by atoms with Crippen LogP contribution in [0.4, 0.5) is 8.78 Å². The summed E-state index contributed by atoms with van der Waals surface area (Å²) >= 11 is 0. The number of hydrogen-bond acceptors (Lipinski definition) is 3. The molecular formula is C19H29F2N5O. The topological polar surface area (TPSA) is 68.8 Å². The van der Waals surface area contributed by atoms with E-state index in [4.69, 9.17) is 0 Å². The SMILES string of the molecule is CCNC(=NCCc1cccc(F)c1F)NC1CCN(CC(=O)NC)CC1. The molecule has 150 valence electrons. The second-order valence-corrected chi connectivity index (χ2v) is 6.59. The second kappa shape index (κ2) is 10.8. The first kappa shape index (κ1) is 21.1.